The first-order valence-electron chi connectivity index (χ1n) is 8.83. The number of hydrogen-bond donors (Lipinski definition) is 2. The number of nitrogens with one attached hydrogen (secondary N) is 1. The average Bonchev–Trinajstić information content (AvgIpc) is 3.18. The Hall–Kier alpha value is -3.76. The Bertz CT molecular complexity index is 1270. The molecule has 0 aliphatic carbocycles. The third-order valence-electron chi connectivity index (χ3n) is 5.31. The topological polar surface area (TPSA) is 106 Å². The molecule has 7 nitrogen and oxygen atoms in total. The number of halogens is 1. The molecule has 29 heavy (non-hydrogen) atoms. The monoisotopic (exact) mass is 403 g/mol. The molecule has 0 fully saturated rings. The van der Waals surface area contributed by atoms with Gasteiger partial charge in [-0.25, -0.2) is 4.68 Å². The number of aromatic nitrogens is 2. The maximum Gasteiger partial charge on any atom is 0.245 e. The van der Waals surface area contributed by atoms with E-state index in [0.29, 0.717) is 33.4 Å². The Balaban J connectivity index is 1.91. The second kappa shape index (κ2) is 5.87. The van der Waals surface area contributed by atoms with Crippen molar-refractivity contribution in [3.05, 3.63) is 81.8 Å². The highest BCUT2D eigenvalue weighted by atomic mass is 35.5. The Labute approximate surface area is 171 Å². The number of nitrogens with two attached hydrogens (primary N) is 1. The SMILES string of the molecule is Cc1nn(-c2ccccc2)c2c1C1(C(=O)Nc3ccc(Cl)cc31)C(C#N)=C(N)O2. The van der Waals surface area contributed by atoms with Crippen LogP contribution in [0.4, 0.5) is 5.69 Å². The number of anilines is 1. The third-order valence-corrected chi connectivity index (χ3v) is 5.54. The molecule has 2 aliphatic heterocycles. The lowest BCUT2D eigenvalue weighted by molar-refractivity contribution is -0.118. The molecule has 3 heterocycles. The number of rotatable bonds is 1. The van der Waals surface area contributed by atoms with Crippen molar-refractivity contribution >= 4 is 23.2 Å². The Morgan fingerprint density at radius 2 is 2.03 bits per heavy atom. The van der Waals surface area contributed by atoms with Crippen LogP contribution in [0.15, 0.2) is 60.0 Å². The van der Waals surface area contributed by atoms with Gasteiger partial charge < -0.3 is 15.8 Å². The van der Waals surface area contributed by atoms with Crippen molar-refractivity contribution in [3.63, 3.8) is 0 Å². The van der Waals surface area contributed by atoms with E-state index in [-0.39, 0.29) is 11.5 Å². The molecular weight excluding hydrogens is 390 g/mol. The van der Waals surface area contributed by atoms with Crippen molar-refractivity contribution in [1.29, 1.82) is 5.26 Å². The summed E-state index contributed by atoms with van der Waals surface area (Å²) in [7, 11) is 0. The van der Waals surface area contributed by atoms with E-state index in [2.05, 4.69) is 16.5 Å². The number of para-hydroxylation sites is 1. The van der Waals surface area contributed by atoms with E-state index in [4.69, 9.17) is 22.1 Å². The zero-order valence-corrected chi connectivity index (χ0v) is 16.0. The fraction of sp³-hybridized carbons (Fsp3) is 0.0952. The lowest BCUT2D eigenvalue weighted by Crippen LogP contribution is -2.42. The molecule has 2 aromatic carbocycles. The van der Waals surface area contributed by atoms with Crippen molar-refractivity contribution in [2.45, 2.75) is 12.3 Å². The van der Waals surface area contributed by atoms with Crippen LogP contribution in [0, 0.1) is 18.3 Å². The fourth-order valence-electron chi connectivity index (χ4n) is 4.15. The van der Waals surface area contributed by atoms with E-state index in [0.717, 1.165) is 5.69 Å². The highest BCUT2D eigenvalue weighted by molar-refractivity contribution is 6.31. The molecule has 3 aromatic rings. The first-order chi connectivity index (χ1) is 14.0. The van der Waals surface area contributed by atoms with Crippen LogP contribution in [0.2, 0.25) is 5.02 Å². The quantitative estimate of drug-likeness (QED) is 0.649. The van der Waals surface area contributed by atoms with Gasteiger partial charge >= 0.3 is 0 Å². The standard InChI is InChI=1S/C21H14ClN5O2/c1-11-17-19(27(26-11)13-5-3-2-4-6-13)29-18(24)15(10-23)21(17)14-9-12(22)7-8-16(14)25-20(21)28/h2-9H,24H2,1H3,(H,25,28). The number of nitriles is 1. The minimum atomic E-state index is -1.48. The summed E-state index contributed by atoms with van der Waals surface area (Å²) in [4.78, 5) is 13.4. The third kappa shape index (κ3) is 2.12. The summed E-state index contributed by atoms with van der Waals surface area (Å²) >= 11 is 6.25. The number of benzene rings is 2. The normalized spacial score (nSPS) is 19.4. The van der Waals surface area contributed by atoms with Crippen LogP contribution in [0.3, 0.4) is 0 Å². The van der Waals surface area contributed by atoms with Crippen LogP contribution in [0.1, 0.15) is 16.8 Å². The number of fused-ring (bicyclic) bond motifs is 4. The zero-order chi connectivity index (χ0) is 20.3. The second-order valence-electron chi connectivity index (χ2n) is 6.86. The number of ether oxygens (including phenoxy) is 1. The van der Waals surface area contributed by atoms with Gasteiger partial charge in [-0.3, -0.25) is 4.79 Å². The van der Waals surface area contributed by atoms with Crippen molar-refractivity contribution in [1.82, 2.24) is 9.78 Å². The van der Waals surface area contributed by atoms with E-state index in [1.54, 1.807) is 29.8 Å². The van der Waals surface area contributed by atoms with E-state index in [1.807, 2.05) is 30.3 Å². The molecule has 5 rings (SSSR count). The zero-order valence-electron chi connectivity index (χ0n) is 15.2. The molecule has 142 valence electrons. The van der Waals surface area contributed by atoms with Crippen molar-refractivity contribution in [2.24, 2.45) is 5.73 Å². The molecular formula is C21H14ClN5O2. The molecule has 1 aromatic heterocycles. The largest absolute Gasteiger partial charge is 0.422 e. The molecule has 0 radical (unpaired) electrons. The summed E-state index contributed by atoms with van der Waals surface area (Å²) in [6, 6.07) is 16.5. The number of carbonyl (C=O) groups excluding carboxylic acids is 1. The molecule has 1 atom stereocenters. The maximum absolute atomic E-state index is 13.4. The molecule has 2 aliphatic rings. The molecule has 0 saturated heterocycles. The summed E-state index contributed by atoms with van der Waals surface area (Å²) in [5, 5.41) is 17.8. The predicted molar refractivity (Wildman–Crippen MR) is 107 cm³/mol. The predicted octanol–water partition coefficient (Wildman–Crippen LogP) is 3.16. The Kier molecular flexibility index (Phi) is 3.51. The minimum absolute atomic E-state index is 0.0132. The van der Waals surface area contributed by atoms with Gasteiger partial charge in [-0.1, -0.05) is 29.8 Å². The van der Waals surface area contributed by atoms with Gasteiger partial charge in [-0.15, -0.1) is 0 Å². The Morgan fingerprint density at radius 1 is 1.28 bits per heavy atom. The van der Waals surface area contributed by atoms with E-state index in [9.17, 15) is 10.1 Å². The van der Waals surface area contributed by atoms with Gasteiger partial charge in [0.1, 0.15) is 17.1 Å². The summed E-state index contributed by atoms with van der Waals surface area (Å²) < 4.78 is 7.43. The smallest absolute Gasteiger partial charge is 0.245 e. The number of amides is 1. The van der Waals surface area contributed by atoms with E-state index >= 15 is 0 Å². The molecule has 1 unspecified atom stereocenters. The summed E-state index contributed by atoms with van der Waals surface area (Å²) in [6.45, 7) is 1.77. The number of hydrogen-bond acceptors (Lipinski definition) is 5. The molecule has 0 saturated carbocycles. The number of aryl methyl sites for hydroxylation is 1. The second-order valence-corrected chi connectivity index (χ2v) is 7.30. The number of carbonyl (C=O) groups is 1. The van der Waals surface area contributed by atoms with Gasteiger partial charge in [0.05, 0.1) is 16.9 Å². The molecule has 3 N–H and O–H groups in total. The molecule has 0 bridgehead atoms. The number of nitrogens with zero attached hydrogens (tertiary/aromatic N) is 3. The van der Waals surface area contributed by atoms with E-state index < -0.39 is 11.3 Å². The summed E-state index contributed by atoms with van der Waals surface area (Å²) in [6.07, 6.45) is 0. The van der Waals surface area contributed by atoms with Crippen LogP contribution in [-0.2, 0) is 10.2 Å². The summed E-state index contributed by atoms with van der Waals surface area (Å²) in [5.41, 5.74) is 7.57. The van der Waals surface area contributed by atoms with Crippen LogP contribution in [0.5, 0.6) is 5.88 Å². The van der Waals surface area contributed by atoms with Gasteiger partial charge in [0.15, 0.2) is 0 Å². The average molecular weight is 404 g/mol. The van der Waals surface area contributed by atoms with Crippen LogP contribution in [-0.4, -0.2) is 15.7 Å². The lowest BCUT2D eigenvalue weighted by atomic mass is 9.69. The maximum atomic E-state index is 13.4. The first kappa shape index (κ1) is 17.3. The summed E-state index contributed by atoms with van der Waals surface area (Å²) in [5.74, 6) is -0.234. The van der Waals surface area contributed by atoms with Crippen LogP contribution < -0.4 is 15.8 Å². The minimum Gasteiger partial charge on any atom is -0.422 e. The van der Waals surface area contributed by atoms with Crippen molar-refractivity contribution in [2.75, 3.05) is 5.32 Å². The Morgan fingerprint density at radius 3 is 2.76 bits per heavy atom. The van der Waals surface area contributed by atoms with Gasteiger partial charge in [-0.2, -0.15) is 10.4 Å². The lowest BCUT2D eigenvalue weighted by Gasteiger charge is -2.32. The first-order valence-corrected chi connectivity index (χ1v) is 9.21. The van der Waals surface area contributed by atoms with Gasteiger partial charge in [0.2, 0.25) is 17.7 Å². The van der Waals surface area contributed by atoms with Gasteiger partial charge in [0, 0.05) is 16.3 Å². The fourth-order valence-corrected chi connectivity index (χ4v) is 4.32. The van der Waals surface area contributed by atoms with Crippen molar-refractivity contribution < 1.29 is 9.53 Å². The molecule has 1 spiro atoms. The van der Waals surface area contributed by atoms with Crippen LogP contribution >= 0.6 is 11.6 Å². The highest BCUT2D eigenvalue weighted by Crippen LogP contribution is 2.54. The van der Waals surface area contributed by atoms with Crippen molar-refractivity contribution in [3.8, 4) is 17.6 Å². The van der Waals surface area contributed by atoms with E-state index in [1.165, 1.54) is 0 Å². The van der Waals surface area contributed by atoms with Crippen LogP contribution in [0.25, 0.3) is 5.69 Å². The van der Waals surface area contributed by atoms with Gasteiger partial charge in [0.25, 0.3) is 0 Å². The molecule has 8 heteroatoms. The van der Waals surface area contributed by atoms with Gasteiger partial charge in [-0.05, 0) is 37.3 Å². The molecule has 1 amide bonds. The highest BCUT2D eigenvalue weighted by Gasteiger charge is 2.58.